The van der Waals surface area contributed by atoms with Gasteiger partial charge >= 0.3 is 0 Å². The molecule has 1 heterocycles. The van der Waals surface area contributed by atoms with Crippen LogP contribution >= 0.6 is 0 Å². The van der Waals surface area contributed by atoms with Crippen LogP contribution < -0.4 is 4.74 Å². The van der Waals surface area contributed by atoms with Crippen LogP contribution in [0.3, 0.4) is 0 Å². The van der Waals surface area contributed by atoms with Crippen molar-refractivity contribution in [3.8, 4) is 5.75 Å². The number of ether oxygens (including phenoxy) is 2. The van der Waals surface area contributed by atoms with Crippen molar-refractivity contribution in [3.63, 3.8) is 0 Å². The van der Waals surface area contributed by atoms with Gasteiger partial charge < -0.3 is 14.4 Å². The molecule has 1 amide bonds. The summed E-state index contributed by atoms with van der Waals surface area (Å²) in [5.74, 6) is 1.10. The van der Waals surface area contributed by atoms with Gasteiger partial charge in [0.25, 0.3) is 0 Å². The first-order valence-electron chi connectivity index (χ1n) is 7.67. The zero-order chi connectivity index (χ0) is 15.2. The fraction of sp³-hybridized carbons (Fsp3) is 0.588. The van der Waals surface area contributed by atoms with E-state index in [4.69, 9.17) is 9.47 Å². The van der Waals surface area contributed by atoms with Gasteiger partial charge in [-0.25, -0.2) is 0 Å². The van der Waals surface area contributed by atoms with E-state index >= 15 is 0 Å². The molecule has 1 aliphatic rings. The second-order valence-electron chi connectivity index (χ2n) is 5.76. The van der Waals surface area contributed by atoms with Gasteiger partial charge in [-0.05, 0) is 38.8 Å². The Labute approximate surface area is 127 Å². The van der Waals surface area contributed by atoms with Crippen molar-refractivity contribution >= 4 is 5.91 Å². The molecule has 0 N–H and O–H groups in total. The van der Waals surface area contributed by atoms with E-state index in [-0.39, 0.29) is 18.1 Å². The Kier molecular flexibility index (Phi) is 5.62. The van der Waals surface area contributed by atoms with Gasteiger partial charge in [-0.2, -0.15) is 0 Å². The summed E-state index contributed by atoms with van der Waals surface area (Å²) < 4.78 is 11.3. The molecule has 1 aromatic rings. The number of carbonyl (C=O) groups excluding carboxylic acids is 1. The summed E-state index contributed by atoms with van der Waals surface area (Å²) in [4.78, 5) is 14.2. The van der Waals surface area contributed by atoms with Crippen molar-refractivity contribution in [1.29, 1.82) is 0 Å². The summed E-state index contributed by atoms with van der Waals surface area (Å²) in [5, 5.41) is 0. The number of para-hydroxylation sites is 1. The standard InChI is InChI=1S/C17H25NO3/c1-13-7-4-5-8-16(13)20-10-6-9-17(19)18-11-15(3)21-12-14(18)2/h4-5,7-8,14-15H,6,9-12H2,1-3H3. The summed E-state index contributed by atoms with van der Waals surface area (Å²) in [6.07, 6.45) is 1.41. The Morgan fingerprint density at radius 1 is 1.38 bits per heavy atom. The van der Waals surface area contributed by atoms with E-state index in [1.165, 1.54) is 0 Å². The Morgan fingerprint density at radius 3 is 2.90 bits per heavy atom. The third kappa shape index (κ3) is 4.46. The molecule has 2 rings (SSSR count). The van der Waals surface area contributed by atoms with Crippen LogP contribution in [-0.4, -0.2) is 42.7 Å². The molecule has 1 saturated heterocycles. The molecule has 0 radical (unpaired) electrons. The second-order valence-corrected chi connectivity index (χ2v) is 5.76. The van der Waals surface area contributed by atoms with Crippen LogP contribution in [-0.2, 0) is 9.53 Å². The monoisotopic (exact) mass is 291 g/mol. The number of aryl methyl sites for hydroxylation is 1. The molecule has 4 heteroatoms. The van der Waals surface area contributed by atoms with Crippen LogP contribution in [0.15, 0.2) is 24.3 Å². The van der Waals surface area contributed by atoms with Crippen molar-refractivity contribution in [2.45, 2.75) is 45.8 Å². The lowest BCUT2D eigenvalue weighted by molar-refractivity contribution is -0.143. The molecule has 0 aliphatic carbocycles. The smallest absolute Gasteiger partial charge is 0.223 e. The quantitative estimate of drug-likeness (QED) is 0.783. The number of hydrogen-bond donors (Lipinski definition) is 0. The number of hydrogen-bond acceptors (Lipinski definition) is 3. The molecule has 1 aromatic carbocycles. The van der Waals surface area contributed by atoms with Crippen molar-refractivity contribution in [1.82, 2.24) is 4.90 Å². The fourth-order valence-electron chi connectivity index (χ4n) is 2.52. The third-order valence-corrected chi connectivity index (χ3v) is 3.81. The van der Waals surface area contributed by atoms with Crippen molar-refractivity contribution in [3.05, 3.63) is 29.8 Å². The summed E-state index contributed by atoms with van der Waals surface area (Å²) >= 11 is 0. The van der Waals surface area contributed by atoms with E-state index in [2.05, 4.69) is 0 Å². The van der Waals surface area contributed by atoms with Gasteiger partial charge in [0.15, 0.2) is 0 Å². The highest BCUT2D eigenvalue weighted by Gasteiger charge is 2.26. The number of rotatable bonds is 5. The zero-order valence-electron chi connectivity index (χ0n) is 13.2. The highest BCUT2D eigenvalue weighted by Crippen LogP contribution is 2.17. The minimum atomic E-state index is 0.133. The molecule has 4 nitrogen and oxygen atoms in total. The molecule has 116 valence electrons. The minimum absolute atomic E-state index is 0.133. The number of benzene rings is 1. The molecule has 0 saturated carbocycles. The normalized spacial score (nSPS) is 22.1. The van der Waals surface area contributed by atoms with Crippen LogP contribution in [0.25, 0.3) is 0 Å². The van der Waals surface area contributed by atoms with Crippen LogP contribution in [0.1, 0.15) is 32.3 Å². The van der Waals surface area contributed by atoms with Crippen LogP contribution in [0, 0.1) is 6.92 Å². The predicted octanol–water partition coefficient (Wildman–Crippen LogP) is 2.79. The van der Waals surface area contributed by atoms with Gasteiger partial charge in [-0.1, -0.05) is 18.2 Å². The lowest BCUT2D eigenvalue weighted by Gasteiger charge is -2.36. The Balaban J connectivity index is 1.73. The Bertz CT molecular complexity index is 475. The van der Waals surface area contributed by atoms with Gasteiger partial charge in [0.2, 0.25) is 5.91 Å². The van der Waals surface area contributed by atoms with Gasteiger partial charge in [0.05, 0.1) is 25.4 Å². The molecule has 2 unspecified atom stereocenters. The lowest BCUT2D eigenvalue weighted by atomic mass is 10.1. The first kappa shape index (κ1) is 15.8. The highest BCUT2D eigenvalue weighted by molar-refractivity contribution is 5.76. The Morgan fingerprint density at radius 2 is 2.14 bits per heavy atom. The maximum absolute atomic E-state index is 12.2. The molecule has 0 spiro atoms. The number of carbonyl (C=O) groups is 1. The maximum Gasteiger partial charge on any atom is 0.223 e. The predicted molar refractivity (Wildman–Crippen MR) is 82.5 cm³/mol. The van der Waals surface area contributed by atoms with E-state index < -0.39 is 0 Å². The average molecular weight is 291 g/mol. The minimum Gasteiger partial charge on any atom is -0.493 e. The van der Waals surface area contributed by atoms with Gasteiger partial charge in [0, 0.05) is 13.0 Å². The first-order chi connectivity index (χ1) is 10.1. The summed E-state index contributed by atoms with van der Waals surface area (Å²) in [6.45, 7) is 7.97. The summed E-state index contributed by atoms with van der Waals surface area (Å²) in [7, 11) is 0. The van der Waals surface area contributed by atoms with Crippen molar-refractivity contribution in [2.24, 2.45) is 0 Å². The SMILES string of the molecule is Cc1ccccc1OCCCC(=O)N1CC(C)OCC1C. The second kappa shape index (κ2) is 7.46. The molecule has 1 fully saturated rings. The first-order valence-corrected chi connectivity index (χ1v) is 7.67. The average Bonchev–Trinajstić information content (AvgIpc) is 2.47. The fourth-order valence-corrected chi connectivity index (χ4v) is 2.52. The van der Waals surface area contributed by atoms with E-state index in [0.29, 0.717) is 26.2 Å². The summed E-state index contributed by atoms with van der Waals surface area (Å²) in [6, 6.07) is 8.11. The van der Waals surface area contributed by atoms with Crippen molar-refractivity contribution < 1.29 is 14.3 Å². The maximum atomic E-state index is 12.2. The van der Waals surface area contributed by atoms with Gasteiger partial charge in [-0.3, -0.25) is 4.79 Å². The van der Waals surface area contributed by atoms with E-state index in [1.54, 1.807) is 0 Å². The third-order valence-electron chi connectivity index (χ3n) is 3.81. The zero-order valence-corrected chi connectivity index (χ0v) is 13.2. The van der Waals surface area contributed by atoms with Gasteiger partial charge in [-0.15, -0.1) is 0 Å². The molecular formula is C17H25NO3. The molecule has 21 heavy (non-hydrogen) atoms. The van der Waals surface area contributed by atoms with Gasteiger partial charge in [0.1, 0.15) is 5.75 Å². The lowest BCUT2D eigenvalue weighted by Crippen LogP contribution is -2.50. The number of nitrogens with zero attached hydrogens (tertiary/aromatic N) is 1. The number of amides is 1. The van der Waals surface area contributed by atoms with Crippen molar-refractivity contribution in [2.75, 3.05) is 19.8 Å². The van der Waals surface area contributed by atoms with E-state index in [1.807, 2.05) is 49.9 Å². The molecule has 0 bridgehead atoms. The van der Waals surface area contributed by atoms with E-state index in [0.717, 1.165) is 17.7 Å². The molecule has 2 atom stereocenters. The molecule has 0 aromatic heterocycles. The highest BCUT2D eigenvalue weighted by atomic mass is 16.5. The largest absolute Gasteiger partial charge is 0.493 e. The van der Waals surface area contributed by atoms with E-state index in [9.17, 15) is 4.79 Å². The Hall–Kier alpha value is -1.55. The van der Waals surface area contributed by atoms with Crippen LogP contribution in [0.4, 0.5) is 0 Å². The summed E-state index contributed by atoms with van der Waals surface area (Å²) in [5.41, 5.74) is 1.12. The topological polar surface area (TPSA) is 38.8 Å². The van der Waals surface area contributed by atoms with Crippen LogP contribution in [0.2, 0.25) is 0 Å². The molecule has 1 aliphatic heterocycles. The molecular weight excluding hydrogens is 266 g/mol. The number of morpholine rings is 1. The van der Waals surface area contributed by atoms with Crippen LogP contribution in [0.5, 0.6) is 5.75 Å².